The van der Waals surface area contributed by atoms with Gasteiger partial charge in [0.1, 0.15) is 12.7 Å². The number of esters is 1. The maximum Gasteiger partial charge on any atom is 0.311 e. The molecule has 1 unspecified atom stereocenters. The number of aliphatic hydroxyl groups is 1. The molecule has 4 nitrogen and oxygen atoms in total. The van der Waals surface area contributed by atoms with E-state index in [-0.39, 0.29) is 19.2 Å². The summed E-state index contributed by atoms with van der Waals surface area (Å²) in [5, 5.41) is 9.54. The number of ether oxygens (including phenoxy) is 2. The van der Waals surface area contributed by atoms with E-state index < -0.39 is 11.5 Å². The van der Waals surface area contributed by atoms with Crippen molar-refractivity contribution in [2.75, 3.05) is 19.8 Å². The van der Waals surface area contributed by atoms with Crippen LogP contribution < -0.4 is 0 Å². The van der Waals surface area contributed by atoms with Crippen molar-refractivity contribution in [1.82, 2.24) is 0 Å². The number of carbonyl (C=O) groups excluding carboxylic acids is 1. The van der Waals surface area contributed by atoms with Gasteiger partial charge in [0.05, 0.1) is 18.6 Å². The van der Waals surface area contributed by atoms with Crippen LogP contribution in [0.4, 0.5) is 0 Å². The van der Waals surface area contributed by atoms with Crippen molar-refractivity contribution in [2.45, 2.75) is 40.2 Å². The summed E-state index contributed by atoms with van der Waals surface area (Å²) in [4.78, 5) is 11.8. The van der Waals surface area contributed by atoms with Crippen molar-refractivity contribution in [2.24, 2.45) is 11.3 Å². The van der Waals surface area contributed by atoms with Gasteiger partial charge in [0.2, 0.25) is 0 Å². The Labute approximate surface area is 110 Å². The molecule has 0 saturated carbocycles. The molecule has 0 heterocycles. The van der Waals surface area contributed by atoms with Crippen molar-refractivity contribution in [3.05, 3.63) is 12.7 Å². The summed E-state index contributed by atoms with van der Waals surface area (Å²) in [5.74, 6) is 0.146. The van der Waals surface area contributed by atoms with E-state index in [0.717, 1.165) is 6.42 Å². The minimum absolute atomic E-state index is 0.0303. The van der Waals surface area contributed by atoms with Gasteiger partial charge in [-0.15, -0.1) is 6.58 Å². The van der Waals surface area contributed by atoms with Crippen LogP contribution in [-0.2, 0) is 14.3 Å². The lowest BCUT2D eigenvalue weighted by atomic mass is 9.84. The van der Waals surface area contributed by atoms with Gasteiger partial charge in [-0.05, 0) is 26.2 Å². The second-order valence-corrected chi connectivity index (χ2v) is 5.56. The van der Waals surface area contributed by atoms with Gasteiger partial charge in [-0.2, -0.15) is 0 Å². The zero-order chi connectivity index (χ0) is 14.2. The Hall–Kier alpha value is -0.870. The second kappa shape index (κ2) is 8.27. The van der Waals surface area contributed by atoms with Gasteiger partial charge < -0.3 is 14.6 Å². The van der Waals surface area contributed by atoms with Gasteiger partial charge in [-0.3, -0.25) is 4.79 Å². The van der Waals surface area contributed by atoms with Gasteiger partial charge in [0.15, 0.2) is 0 Å². The topological polar surface area (TPSA) is 55.8 Å². The Bertz CT molecular complexity index is 259. The van der Waals surface area contributed by atoms with Crippen LogP contribution in [0.1, 0.15) is 34.1 Å². The fourth-order valence-corrected chi connectivity index (χ4v) is 1.81. The molecule has 0 saturated heterocycles. The van der Waals surface area contributed by atoms with Crippen LogP contribution >= 0.6 is 0 Å². The van der Waals surface area contributed by atoms with Crippen molar-refractivity contribution < 1.29 is 19.4 Å². The molecule has 106 valence electrons. The van der Waals surface area contributed by atoms with Gasteiger partial charge in [0.25, 0.3) is 0 Å². The molecule has 0 aliphatic rings. The van der Waals surface area contributed by atoms with Gasteiger partial charge >= 0.3 is 5.97 Å². The number of carbonyl (C=O) groups is 1. The first-order valence-electron chi connectivity index (χ1n) is 6.33. The Morgan fingerprint density at radius 2 is 2.00 bits per heavy atom. The standard InChI is InChI=1S/C14H26O4/c1-6-7-17-9-12(15)10-18-13(16)14(4,5)8-11(2)3/h6,11-12,15H,1,7-10H2,2-5H3. The summed E-state index contributed by atoms with van der Waals surface area (Å²) in [6, 6.07) is 0. The predicted molar refractivity (Wildman–Crippen MR) is 71.2 cm³/mol. The number of hydrogen-bond donors (Lipinski definition) is 1. The summed E-state index contributed by atoms with van der Waals surface area (Å²) < 4.78 is 10.2. The zero-order valence-electron chi connectivity index (χ0n) is 11.9. The monoisotopic (exact) mass is 258 g/mol. The molecule has 0 amide bonds. The molecule has 0 aromatic carbocycles. The first-order chi connectivity index (χ1) is 8.29. The molecular formula is C14H26O4. The largest absolute Gasteiger partial charge is 0.462 e. The van der Waals surface area contributed by atoms with E-state index in [1.165, 1.54) is 0 Å². The van der Waals surface area contributed by atoms with Crippen LogP contribution in [0.15, 0.2) is 12.7 Å². The van der Waals surface area contributed by atoms with Crippen LogP contribution in [0.25, 0.3) is 0 Å². The normalized spacial score (nSPS) is 13.4. The molecule has 0 aliphatic carbocycles. The second-order valence-electron chi connectivity index (χ2n) is 5.56. The van der Waals surface area contributed by atoms with E-state index in [4.69, 9.17) is 9.47 Å². The Morgan fingerprint density at radius 3 is 2.50 bits per heavy atom. The molecular weight excluding hydrogens is 232 g/mol. The fourth-order valence-electron chi connectivity index (χ4n) is 1.81. The number of hydrogen-bond acceptors (Lipinski definition) is 4. The summed E-state index contributed by atoms with van der Waals surface area (Å²) >= 11 is 0. The average Bonchev–Trinajstić information content (AvgIpc) is 2.24. The fraction of sp³-hybridized carbons (Fsp3) is 0.786. The highest BCUT2D eigenvalue weighted by Gasteiger charge is 2.30. The summed E-state index contributed by atoms with van der Waals surface area (Å²) in [6.07, 6.45) is 1.57. The molecule has 1 N–H and O–H groups in total. The lowest BCUT2D eigenvalue weighted by Crippen LogP contribution is -2.32. The maximum absolute atomic E-state index is 11.8. The highest BCUT2D eigenvalue weighted by Crippen LogP contribution is 2.26. The van der Waals surface area contributed by atoms with Crippen molar-refractivity contribution >= 4 is 5.97 Å². The van der Waals surface area contributed by atoms with E-state index in [2.05, 4.69) is 20.4 Å². The third kappa shape index (κ3) is 7.45. The molecule has 0 rings (SSSR count). The molecule has 0 bridgehead atoms. The van der Waals surface area contributed by atoms with Crippen molar-refractivity contribution in [3.8, 4) is 0 Å². The molecule has 1 atom stereocenters. The lowest BCUT2D eigenvalue weighted by molar-refractivity contribution is -0.158. The van der Waals surface area contributed by atoms with E-state index in [0.29, 0.717) is 12.5 Å². The number of aliphatic hydroxyl groups excluding tert-OH is 1. The molecule has 0 radical (unpaired) electrons. The lowest BCUT2D eigenvalue weighted by Gasteiger charge is -2.25. The van der Waals surface area contributed by atoms with Crippen LogP contribution in [-0.4, -0.2) is 37.0 Å². The molecule has 0 aromatic rings. The van der Waals surface area contributed by atoms with Crippen LogP contribution in [0.2, 0.25) is 0 Å². The molecule has 4 heteroatoms. The minimum atomic E-state index is -0.788. The van der Waals surface area contributed by atoms with Crippen molar-refractivity contribution in [1.29, 1.82) is 0 Å². The first-order valence-corrected chi connectivity index (χ1v) is 6.33. The smallest absolute Gasteiger partial charge is 0.311 e. The Kier molecular flexibility index (Phi) is 7.87. The SMILES string of the molecule is C=CCOCC(O)COC(=O)C(C)(C)CC(C)C. The van der Waals surface area contributed by atoms with Gasteiger partial charge in [-0.25, -0.2) is 0 Å². The Morgan fingerprint density at radius 1 is 1.39 bits per heavy atom. The summed E-state index contributed by atoms with van der Waals surface area (Å²) in [5.41, 5.74) is -0.518. The average molecular weight is 258 g/mol. The first kappa shape index (κ1) is 17.1. The number of rotatable bonds is 9. The highest BCUT2D eigenvalue weighted by molar-refractivity contribution is 5.75. The zero-order valence-corrected chi connectivity index (χ0v) is 11.9. The third-order valence-electron chi connectivity index (χ3n) is 2.42. The molecule has 0 fully saturated rings. The van der Waals surface area contributed by atoms with E-state index in [1.807, 2.05) is 13.8 Å². The molecule has 0 aliphatic heterocycles. The summed E-state index contributed by atoms with van der Waals surface area (Å²) in [7, 11) is 0. The van der Waals surface area contributed by atoms with Crippen LogP contribution in [0, 0.1) is 11.3 Å². The predicted octanol–water partition coefficient (Wildman–Crippen LogP) is 2.17. The van der Waals surface area contributed by atoms with E-state index in [9.17, 15) is 9.90 Å². The Balaban J connectivity index is 3.97. The van der Waals surface area contributed by atoms with E-state index in [1.54, 1.807) is 6.08 Å². The molecule has 0 aromatic heterocycles. The minimum Gasteiger partial charge on any atom is -0.462 e. The quantitative estimate of drug-likeness (QED) is 0.391. The van der Waals surface area contributed by atoms with E-state index >= 15 is 0 Å². The van der Waals surface area contributed by atoms with Gasteiger partial charge in [0, 0.05) is 0 Å². The molecule has 18 heavy (non-hydrogen) atoms. The van der Waals surface area contributed by atoms with Crippen LogP contribution in [0.3, 0.4) is 0 Å². The van der Waals surface area contributed by atoms with Crippen LogP contribution in [0.5, 0.6) is 0 Å². The van der Waals surface area contributed by atoms with Gasteiger partial charge in [-0.1, -0.05) is 19.9 Å². The molecule has 0 spiro atoms. The third-order valence-corrected chi connectivity index (χ3v) is 2.42. The van der Waals surface area contributed by atoms with Crippen molar-refractivity contribution in [3.63, 3.8) is 0 Å². The maximum atomic E-state index is 11.8. The highest BCUT2D eigenvalue weighted by atomic mass is 16.5. The summed E-state index contributed by atoms with van der Waals surface area (Å²) in [6.45, 7) is 11.8.